The molecule has 6 nitrogen and oxygen atoms in total. The number of aromatic nitrogens is 2. The molecule has 5 N–H and O–H groups in total. The predicted octanol–water partition coefficient (Wildman–Crippen LogP) is 1.46. The number of nitrogens with two attached hydrogens (primary N) is 2. The molecule has 6 heteroatoms. The van der Waals surface area contributed by atoms with Crippen LogP contribution in [0.3, 0.4) is 0 Å². The Labute approximate surface area is 148 Å². The molecule has 1 amide bonds. The maximum Gasteiger partial charge on any atom is 0.239 e. The molecule has 0 fully saturated rings. The maximum absolute atomic E-state index is 12.6. The number of benzene rings is 1. The number of amides is 1. The fourth-order valence-corrected chi connectivity index (χ4v) is 3.40. The lowest BCUT2D eigenvalue weighted by Gasteiger charge is -2.24. The Morgan fingerprint density at radius 1 is 1.20 bits per heavy atom. The number of rotatable bonds is 6. The summed E-state index contributed by atoms with van der Waals surface area (Å²) < 4.78 is 0. The molecule has 0 radical (unpaired) electrons. The van der Waals surface area contributed by atoms with Crippen molar-refractivity contribution < 1.29 is 4.79 Å². The SMILES string of the molecule is NCCCC[C@H](N)C(=O)N1CCc2[nH]nc(-c3ccccc3)c2CC1. The van der Waals surface area contributed by atoms with Crippen LogP contribution in [0.15, 0.2) is 30.3 Å². The van der Waals surface area contributed by atoms with Gasteiger partial charge in [-0.05, 0) is 25.8 Å². The first-order valence-electron chi connectivity index (χ1n) is 9.06. The van der Waals surface area contributed by atoms with Gasteiger partial charge in [-0.3, -0.25) is 9.89 Å². The largest absolute Gasteiger partial charge is 0.341 e. The van der Waals surface area contributed by atoms with Crippen molar-refractivity contribution in [3.8, 4) is 11.3 Å². The van der Waals surface area contributed by atoms with E-state index in [1.165, 1.54) is 5.56 Å². The van der Waals surface area contributed by atoms with E-state index in [1.807, 2.05) is 23.1 Å². The van der Waals surface area contributed by atoms with Gasteiger partial charge in [-0.25, -0.2) is 0 Å². The molecule has 0 saturated carbocycles. The van der Waals surface area contributed by atoms with Crippen molar-refractivity contribution in [3.05, 3.63) is 41.6 Å². The molecule has 1 atom stereocenters. The zero-order valence-corrected chi connectivity index (χ0v) is 14.6. The van der Waals surface area contributed by atoms with Crippen LogP contribution in [0.5, 0.6) is 0 Å². The molecule has 3 rings (SSSR count). The fraction of sp³-hybridized carbons (Fsp3) is 0.474. The zero-order chi connectivity index (χ0) is 17.6. The molecule has 0 saturated heterocycles. The highest BCUT2D eigenvalue weighted by molar-refractivity contribution is 5.81. The Hall–Kier alpha value is -2.18. The molecule has 0 aliphatic carbocycles. The van der Waals surface area contributed by atoms with Crippen molar-refractivity contribution in [1.82, 2.24) is 15.1 Å². The summed E-state index contributed by atoms with van der Waals surface area (Å²) in [5.74, 6) is 0.0522. The van der Waals surface area contributed by atoms with Crippen molar-refractivity contribution in [2.45, 2.75) is 38.1 Å². The van der Waals surface area contributed by atoms with E-state index in [0.29, 0.717) is 26.1 Å². The van der Waals surface area contributed by atoms with Gasteiger partial charge in [0.15, 0.2) is 0 Å². The highest BCUT2D eigenvalue weighted by Crippen LogP contribution is 2.26. The summed E-state index contributed by atoms with van der Waals surface area (Å²) in [5, 5.41) is 7.66. The minimum Gasteiger partial charge on any atom is -0.341 e. The number of aromatic amines is 1. The smallest absolute Gasteiger partial charge is 0.239 e. The Balaban J connectivity index is 1.67. The van der Waals surface area contributed by atoms with Crippen LogP contribution in [0.4, 0.5) is 0 Å². The first kappa shape index (κ1) is 17.6. The third-order valence-electron chi connectivity index (χ3n) is 4.86. The Morgan fingerprint density at radius 3 is 2.72 bits per heavy atom. The van der Waals surface area contributed by atoms with Gasteiger partial charge in [-0.2, -0.15) is 5.10 Å². The number of hydrogen-bond acceptors (Lipinski definition) is 4. The van der Waals surface area contributed by atoms with Crippen LogP contribution in [0.1, 0.15) is 30.5 Å². The van der Waals surface area contributed by atoms with Gasteiger partial charge in [-0.15, -0.1) is 0 Å². The minimum atomic E-state index is -0.422. The molecule has 134 valence electrons. The third-order valence-corrected chi connectivity index (χ3v) is 4.86. The second kappa shape index (κ2) is 8.27. The molecule has 0 unspecified atom stereocenters. The van der Waals surface area contributed by atoms with Gasteiger partial charge in [0.2, 0.25) is 5.91 Å². The second-order valence-corrected chi connectivity index (χ2v) is 6.61. The number of nitrogens with zero attached hydrogens (tertiary/aromatic N) is 2. The van der Waals surface area contributed by atoms with E-state index in [9.17, 15) is 4.79 Å². The molecular formula is C19H27N5O. The normalized spacial score (nSPS) is 15.5. The van der Waals surface area contributed by atoms with Gasteiger partial charge in [0.25, 0.3) is 0 Å². The number of carbonyl (C=O) groups excluding carboxylic acids is 1. The lowest BCUT2D eigenvalue weighted by Crippen LogP contribution is -2.44. The highest BCUT2D eigenvalue weighted by Gasteiger charge is 2.25. The van der Waals surface area contributed by atoms with Gasteiger partial charge in [0, 0.05) is 36.3 Å². The zero-order valence-electron chi connectivity index (χ0n) is 14.6. The molecule has 25 heavy (non-hydrogen) atoms. The van der Waals surface area contributed by atoms with Crippen molar-refractivity contribution in [1.29, 1.82) is 0 Å². The van der Waals surface area contributed by atoms with Crippen molar-refractivity contribution in [3.63, 3.8) is 0 Å². The van der Waals surface area contributed by atoms with Crippen LogP contribution in [0.25, 0.3) is 11.3 Å². The summed E-state index contributed by atoms with van der Waals surface area (Å²) in [7, 11) is 0. The summed E-state index contributed by atoms with van der Waals surface area (Å²) in [4.78, 5) is 14.5. The lowest BCUT2D eigenvalue weighted by atomic mass is 10.0. The average Bonchev–Trinajstić information content (AvgIpc) is 2.93. The molecule has 2 aromatic rings. The van der Waals surface area contributed by atoms with Crippen molar-refractivity contribution in [2.24, 2.45) is 11.5 Å². The number of unbranched alkanes of at least 4 members (excludes halogenated alkanes) is 1. The van der Waals surface area contributed by atoms with E-state index < -0.39 is 6.04 Å². The van der Waals surface area contributed by atoms with Crippen molar-refractivity contribution in [2.75, 3.05) is 19.6 Å². The Morgan fingerprint density at radius 2 is 1.96 bits per heavy atom. The van der Waals surface area contributed by atoms with Gasteiger partial charge >= 0.3 is 0 Å². The number of nitrogens with one attached hydrogen (secondary N) is 1. The number of carbonyl (C=O) groups is 1. The fourth-order valence-electron chi connectivity index (χ4n) is 3.40. The van der Waals surface area contributed by atoms with E-state index in [1.54, 1.807) is 0 Å². The molecule has 1 aliphatic rings. The second-order valence-electron chi connectivity index (χ2n) is 6.61. The van der Waals surface area contributed by atoms with Crippen LogP contribution >= 0.6 is 0 Å². The summed E-state index contributed by atoms with van der Waals surface area (Å²) >= 11 is 0. The monoisotopic (exact) mass is 341 g/mol. The van der Waals surface area contributed by atoms with Crippen LogP contribution in [-0.2, 0) is 17.6 Å². The molecule has 1 aliphatic heterocycles. The summed E-state index contributed by atoms with van der Waals surface area (Å²) in [5.41, 5.74) is 16.1. The molecule has 0 bridgehead atoms. The first-order chi connectivity index (χ1) is 12.2. The van der Waals surface area contributed by atoms with E-state index >= 15 is 0 Å². The van der Waals surface area contributed by atoms with Gasteiger partial charge < -0.3 is 16.4 Å². The Kier molecular flexibility index (Phi) is 5.83. The van der Waals surface area contributed by atoms with Crippen molar-refractivity contribution >= 4 is 5.91 Å². The molecule has 1 aromatic carbocycles. The van der Waals surface area contributed by atoms with Gasteiger partial charge in [0.1, 0.15) is 0 Å². The van der Waals surface area contributed by atoms with Gasteiger partial charge in [-0.1, -0.05) is 36.8 Å². The van der Waals surface area contributed by atoms with E-state index in [-0.39, 0.29) is 5.91 Å². The number of fused-ring (bicyclic) bond motifs is 1. The average molecular weight is 341 g/mol. The highest BCUT2D eigenvalue weighted by atomic mass is 16.2. The Bertz CT molecular complexity index is 697. The first-order valence-corrected chi connectivity index (χ1v) is 9.06. The molecule has 1 aromatic heterocycles. The quantitative estimate of drug-likeness (QED) is 0.692. The topological polar surface area (TPSA) is 101 Å². The van der Waals surface area contributed by atoms with Crippen LogP contribution in [0, 0.1) is 0 Å². The number of H-pyrrole nitrogens is 1. The third kappa shape index (κ3) is 4.08. The lowest BCUT2D eigenvalue weighted by molar-refractivity contribution is -0.132. The summed E-state index contributed by atoms with van der Waals surface area (Å²) in [6, 6.07) is 9.75. The molecule has 0 spiro atoms. The van der Waals surface area contributed by atoms with E-state index in [2.05, 4.69) is 22.3 Å². The summed E-state index contributed by atoms with van der Waals surface area (Å²) in [6.07, 6.45) is 4.11. The van der Waals surface area contributed by atoms with Crippen LogP contribution < -0.4 is 11.5 Å². The molecule has 2 heterocycles. The van der Waals surface area contributed by atoms with Gasteiger partial charge in [0.05, 0.1) is 11.7 Å². The molecular weight excluding hydrogens is 314 g/mol. The standard InChI is InChI=1S/C19H27N5O/c20-11-5-4-8-16(21)19(25)24-12-9-15-17(10-13-24)22-23-18(15)14-6-2-1-3-7-14/h1-3,6-7,16H,4-5,8-13,20-21H2,(H,22,23)/t16-/m0/s1. The van der Waals surface area contributed by atoms with Crippen LogP contribution in [-0.4, -0.2) is 46.7 Å². The maximum atomic E-state index is 12.6. The van der Waals surface area contributed by atoms with E-state index in [0.717, 1.165) is 42.6 Å². The summed E-state index contributed by atoms with van der Waals surface area (Å²) in [6.45, 7) is 2.02. The van der Waals surface area contributed by atoms with Crippen LogP contribution in [0.2, 0.25) is 0 Å². The van der Waals surface area contributed by atoms with E-state index in [4.69, 9.17) is 11.5 Å². The number of hydrogen-bond donors (Lipinski definition) is 3. The minimum absolute atomic E-state index is 0.0522. The predicted molar refractivity (Wildman–Crippen MR) is 98.9 cm³/mol.